The highest BCUT2D eigenvalue weighted by atomic mass is 14.9. The first-order valence-corrected chi connectivity index (χ1v) is 8.19. The van der Waals surface area contributed by atoms with Gasteiger partial charge in [0.05, 0.1) is 0 Å². The van der Waals surface area contributed by atoms with Gasteiger partial charge in [-0.3, -0.25) is 0 Å². The van der Waals surface area contributed by atoms with Gasteiger partial charge < -0.3 is 5.32 Å². The maximum Gasteiger partial charge on any atom is 0.0208 e. The molecule has 2 atom stereocenters. The SMILES string of the molecule is CC(C)c1ccc(CNC2CCC(C)(C)CC2C)cc1. The highest BCUT2D eigenvalue weighted by Crippen LogP contribution is 2.38. The number of hydrogen-bond donors (Lipinski definition) is 1. The molecule has 1 nitrogen and oxygen atoms in total. The molecule has 20 heavy (non-hydrogen) atoms. The molecule has 1 aliphatic carbocycles. The van der Waals surface area contributed by atoms with E-state index in [-0.39, 0.29) is 0 Å². The Morgan fingerprint density at radius 3 is 2.40 bits per heavy atom. The molecule has 0 spiro atoms. The third kappa shape index (κ3) is 4.09. The van der Waals surface area contributed by atoms with Crippen molar-refractivity contribution in [2.45, 2.75) is 72.4 Å². The number of hydrogen-bond acceptors (Lipinski definition) is 1. The van der Waals surface area contributed by atoms with Crippen molar-refractivity contribution >= 4 is 0 Å². The second-order valence-corrected chi connectivity index (χ2v) is 7.77. The summed E-state index contributed by atoms with van der Waals surface area (Å²) in [5, 5.41) is 3.77. The van der Waals surface area contributed by atoms with E-state index in [1.54, 1.807) is 0 Å². The topological polar surface area (TPSA) is 12.0 Å². The Balaban J connectivity index is 1.86. The van der Waals surface area contributed by atoms with E-state index < -0.39 is 0 Å². The quantitative estimate of drug-likeness (QED) is 0.803. The molecule has 1 aromatic rings. The van der Waals surface area contributed by atoms with Crippen LogP contribution < -0.4 is 5.32 Å². The summed E-state index contributed by atoms with van der Waals surface area (Å²) >= 11 is 0. The molecule has 0 heterocycles. The van der Waals surface area contributed by atoms with E-state index in [1.807, 2.05) is 0 Å². The smallest absolute Gasteiger partial charge is 0.0208 e. The van der Waals surface area contributed by atoms with Crippen LogP contribution in [0.25, 0.3) is 0 Å². The van der Waals surface area contributed by atoms with E-state index in [2.05, 4.69) is 64.2 Å². The molecule has 1 aliphatic rings. The van der Waals surface area contributed by atoms with Crippen molar-refractivity contribution < 1.29 is 0 Å². The lowest BCUT2D eigenvalue weighted by atomic mass is 9.70. The minimum atomic E-state index is 0.538. The van der Waals surface area contributed by atoms with Gasteiger partial charge in [0.2, 0.25) is 0 Å². The first-order valence-electron chi connectivity index (χ1n) is 8.19. The van der Waals surface area contributed by atoms with Crippen LogP contribution in [0, 0.1) is 11.3 Å². The Bertz CT molecular complexity index is 416. The van der Waals surface area contributed by atoms with E-state index in [4.69, 9.17) is 0 Å². The maximum absolute atomic E-state index is 3.77. The number of benzene rings is 1. The Kier molecular flexibility index (Phi) is 4.90. The fourth-order valence-corrected chi connectivity index (χ4v) is 3.52. The number of rotatable bonds is 4. The summed E-state index contributed by atoms with van der Waals surface area (Å²) in [6.07, 6.45) is 4.01. The molecule has 112 valence electrons. The average Bonchev–Trinajstić information content (AvgIpc) is 2.37. The summed E-state index contributed by atoms with van der Waals surface area (Å²) in [5.41, 5.74) is 3.38. The molecule has 0 amide bonds. The van der Waals surface area contributed by atoms with Crippen LogP contribution in [0.15, 0.2) is 24.3 Å². The standard InChI is InChI=1S/C19H31N/c1-14(2)17-8-6-16(7-9-17)13-20-18-10-11-19(4,5)12-15(18)3/h6-9,14-15,18,20H,10-13H2,1-5H3. The van der Waals surface area contributed by atoms with Crippen LogP contribution in [0.2, 0.25) is 0 Å². The van der Waals surface area contributed by atoms with Gasteiger partial charge in [0.1, 0.15) is 0 Å². The van der Waals surface area contributed by atoms with Crippen LogP contribution >= 0.6 is 0 Å². The highest BCUT2D eigenvalue weighted by Gasteiger charge is 2.31. The summed E-state index contributed by atoms with van der Waals surface area (Å²) < 4.78 is 0. The first kappa shape index (κ1) is 15.6. The molecule has 0 bridgehead atoms. The molecule has 1 fully saturated rings. The van der Waals surface area contributed by atoms with E-state index in [0.717, 1.165) is 12.5 Å². The van der Waals surface area contributed by atoms with Crippen LogP contribution in [-0.4, -0.2) is 6.04 Å². The van der Waals surface area contributed by atoms with E-state index in [0.29, 0.717) is 17.4 Å². The van der Waals surface area contributed by atoms with Crippen molar-refractivity contribution in [2.75, 3.05) is 0 Å². The van der Waals surface area contributed by atoms with Gasteiger partial charge in [-0.25, -0.2) is 0 Å². The minimum Gasteiger partial charge on any atom is -0.310 e. The molecule has 1 heteroatoms. The molecule has 0 aliphatic heterocycles. The van der Waals surface area contributed by atoms with Gasteiger partial charge in [-0.1, -0.05) is 58.9 Å². The Morgan fingerprint density at radius 1 is 1.20 bits per heavy atom. The monoisotopic (exact) mass is 273 g/mol. The van der Waals surface area contributed by atoms with Crippen molar-refractivity contribution in [3.63, 3.8) is 0 Å². The Labute approximate surface area is 125 Å². The predicted octanol–water partition coefficient (Wildman–Crippen LogP) is 5.11. The molecule has 1 N–H and O–H groups in total. The van der Waals surface area contributed by atoms with Crippen LogP contribution in [0.5, 0.6) is 0 Å². The van der Waals surface area contributed by atoms with E-state index in [9.17, 15) is 0 Å². The fraction of sp³-hybridized carbons (Fsp3) is 0.684. The van der Waals surface area contributed by atoms with Gasteiger partial charge in [0.25, 0.3) is 0 Å². The van der Waals surface area contributed by atoms with Gasteiger partial charge in [0.15, 0.2) is 0 Å². The normalized spacial score (nSPS) is 25.9. The first-order chi connectivity index (χ1) is 9.37. The van der Waals surface area contributed by atoms with Crippen molar-refractivity contribution in [1.29, 1.82) is 0 Å². The summed E-state index contributed by atoms with van der Waals surface area (Å²) in [4.78, 5) is 0. The van der Waals surface area contributed by atoms with Crippen molar-refractivity contribution in [1.82, 2.24) is 5.32 Å². The van der Waals surface area contributed by atoms with Gasteiger partial charge in [0, 0.05) is 12.6 Å². The molecule has 0 radical (unpaired) electrons. The molecule has 2 rings (SSSR count). The highest BCUT2D eigenvalue weighted by molar-refractivity contribution is 5.24. The van der Waals surface area contributed by atoms with Crippen molar-refractivity contribution in [2.24, 2.45) is 11.3 Å². The van der Waals surface area contributed by atoms with Crippen LogP contribution in [-0.2, 0) is 6.54 Å². The fourth-order valence-electron chi connectivity index (χ4n) is 3.52. The van der Waals surface area contributed by atoms with Gasteiger partial charge in [-0.05, 0) is 47.6 Å². The summed E-state index contributed by atoms with van der Waals surface area (Å²) in [6.45, 7) is 12.7. The molecule has 1 aromatic carbocycles. The largest absolute Gasteiger partial charge is 0.310 e. The molecule has 0 aromatic heterocycles. The van der Waals surface area contributed by atoms with Crippen molar-refractivity contribution in [3.05, 3.63) is 35.4 Å². The molecular formula is C19H31N. The second kappa shape index (κ2) is 6.30. The third-order valence-corrected chi connectivity index (χ3v) is 4.91. The predicted molar refractivity (Wildman–Crippen MR) is 88.0 cm³/mol. The average molecular weight is 273 g/mol. The second-order valence-electron chi connectivity index (χ2n) is 7.77. The van der Waals surface area contributed by atoms with Gasteiger partial charge in [-0.2, -0.15) is 0 Å². The Morgan fingerprint density at radius 2 is 1.85 bits per heavy atom. The Hall–Kier alpha value is -0.820. The zero-order valence-electron chi connectivity index (χ0n) is 13.9. The summed E-state index contributed by atoms with van der Waals surface area (Å²) in [6, 6.07) is 9.79. The maximum atomic E-state index is 3.77. The van der Waals surface area contributed by atoms with E-state index >= 15 is 0 Å². The molecular weight excluding hydrogens is 242 g/mol. The lowest BCUT2D eigenvalue weighted by Crippen LogP contribution is -2.41. The molecule has 0 saturated heterocycles. The zero-order chi connectivity index (χ0) is 14.8. The van der Waals surface area contributed by atoms with Crippen LogP contribution in [0.4, 0.5) is 0 Å². The van der Waals surface area contributed by atoms with Gasteiger partial charge >= 0.3 is 0 Å². The zero-order valence-corrected chi connectivity index (χ0v) is 13.9. The van der Waals surface area contributed by atoms with Crippen LogP contribution in [0.3, 0.4) is 0 Å². The summed E-state index contributed by atoms with van der Waals surface area (Å²) in [7, 11) is 0. The third-order valence-electron chi connectivity index (χ3n) is 4.91. The molecule has 2 unspecified atom stereocenters. The lowest BCUT2D eigenvalue weighted by molar-refractivity contribution is 0.148. The summed E-state index contributed by atoms with van der Waals surface area (Å²) in [5.74, 6) is 1.41. The minimum absolute atomic E-state index is 0.538. The molecule has 1 saturated carbocycles. The lowest BCUT2D eigenvalue weighted by Gasteiger charge is -2.39. The van der Waals surface area contributed by atoms with E-state index in [1.165, 1.54) is 30.4 Å². The van der Waals surface area contributed by atoms with Crippen LogP contribution in [0.1, 0.15) is 70.9 Å². The van der Waals surface area contributed by atoms with Crippen molar-refractivity contribution in [3.8, 4) is 0 Å². The number of nitrogens with one attached hydrogen (secondary N) is 1. The van der Waals surface area contributed by atoms with Gasteiger partial charge in [-0.15, -0.1) is 0 Å².